The molecule has 1 aliphatic rings. The molecular formula is C24H25N3O3. The molecule has 1 aliphatic carbocycles. The summed E-state index contributed by atoms with van der Waals surface area (Å²) in [5.41, 5.74) is 5.57. The highest BCUT2D eigenvalue weighted by Gasteiger charge is 2.21. The molecule has 0 saturated heterocycles. The van der Waals surface area contributed by atoms with Crippen LogP contribution in [-0.4, -0.2) is 29.7 Å². The van der Waals surface area contributed by atoms with E-state index in [2.05, 4.69) is 33.8 Å². The summed E-state index contributed by atoms with van der Waals surface area (Å²) in [5.74, 6) is 0.227. The second-order valence-corrected chi connectivity index (χ2v) is 7.46. The van der Waals surface area contributed by atoms with E-state index >= 15 is 0 Å². The maximum atomic E-state index is 11.4. The number of hydrogen-bond acceptors (Lipinski definition) is 5. The number of methoxy groups -OCH3 is 1. The number of carboxylic acid groups (broad SMARTS) is 1. The molecule has 0 bridgehead atoms. The zero-order valence-corrected chi connectivity index (χ0v) is 16.9. The number of ether oxygens (including phenoxy) is 1. The lowest BCUT2D eigenvalue weighted by molar-refractivity contribution is 0.0697. The highest BCUT2D eigenvalue weighted by Crippen LogP contribution is 2.34. The fourth-order valence-electron chi connectivity index (χ4n) is 4.00. The van der Waals surface area contributed by atoms with Crippen molar-refractivity contribution >= 4 is 23.0 Å². The Morgan fingerprint density at radius 2 is 1.97 bits per heavy atom. The van der Waals surface area contributed by atoms with Crippen molar-refractivity contribution in [3.63, 3.8) is 0 Å². The molecule has 154 valence electrons. The van der Waals surface area contributed by atoms with Gasteiger partial charge in [0.2, 0.25) is 0 Å². The van der Waals surface area contributed by atoms with Crippen LogP contribution in [0.4, 0.5) is 17.1 Å². The van der Waals surface area contributed by atoms with Crippen molar-refractivity contribution in [2.75, 3.05) is 24.3 Å². The van der Waals surface area contributed by atoms with Gasteiger partial charge in [0.15, 0.2) is 0 Å². The van der Waals surface area contributed by atoms with Crippen LogP contribution in [-0.2, 0) is 6.42 Å². The molecule has 3 aromatic rings. The number of anilines is 3. The lowest BCUT2D eigenvalue weighted by atomic mass is 9.82. The van der Waals surface area contributed by atoms with E-state index in [1.54, 1.807) is 13.3 Å². The van der Waals surface area contributed by atoms with E-state index in [-0.39, 0.29) is 5.56 Å². The number of hydrogen-bond donors (Lipinski definition) is 3. The summed E-state index contributed by atoms with van der Waals surface area (Å²) in [5, 5.41) is 16.1. The topological polar surface area (TPSA) is 83.5 Å². The molecule has 1 aromatic heterocycles. The first-order chi connectivity index (χ1) is 14.6. The third-order valence-corrected chi connectivity index (χ3v) is 5.55. The molecule has 6 nitrogen and oxygen atoms in total. The van der Waals surface area contributed by atoms with Crippen molar-refractivity contribution in [1.82, 2.24) is 4.98 Å². The van der Waals surface area contributed by atoms with Crippen LogP contribution in [0, 0.1) is 0 Å². The first kappa shape index (κ1) is 19.8. The van der Waals surface area contributed by atoms with Gasteiger partial charge in [-0.2, -0.15) is 0 Å². The Morgan fingerprint density at radius 1 is 1.17 bits per heavy atom. The Labute approximate surface area is 175 Å². The number of aromatic carboxylic acids is 1. The van der Waals surface area contributed by atoms with Crippen LogP contribution in [0.5, 0.6) is 5.75 Å². The summed E-state index contributed by atoms with van der Waals surface area (Å²) in [4.78, 5) is 15.5. The number of carboxylic acids is 1. The van der Waals surface area contributed by atoms with Gasteiger partial charge >= 0.3 is 5.97 Å². The lowest BCUT2D eigenvalue weighted by Gasteiger charge is -2.27. The van der Waals surface area contributed by atoms with Gasteiger partial charge in [-0.3, -0.25) is 4.98 Å². The van der Waals surface area contributed by atoms with Crippen LogP contribution in [0.3, 0.4) is 0 Å². The van der Waals surface area contributed by atoms with E-state index in [4.69, 9.17) is 4.74 Å². The van der Waals surface area contributed by atoms with Gasteiger partial charge in [-0.25, -0.2) is 4.79 Å². The maximum absolute atomic E-state index is 11.4. The van der Waals surface area contributed by atoms with Crippen LogP contribution in [0.2, 0.25) is 0 Å². The predicted molar refractivity (Wildman–Crippen MR) is 118 cm³/mol. The van der Waals surface area contributed by atoms with E-state index in [1.807, 2.05) is 24.3 Å². The fourth-order valence-corrected chi connectivity index (χ4v) is 4.00. The number of aryl methyl sites for hydroxylation is 1. The van der Waals surface area contributed by atoms with Crippen molar-refractivity contribution in [3.05, 3.63) is 77.6 Å². The fraction of sp³-hybridized carbons (Fsp3) is 0.250. The smallest absolute Gasteiger partial charge is 0.337 e. The summed E-state index contributed by atoms with van der Waals surface area (Å²) < 4.78 is 5.21. The molecule has 0 unspecified atom stereocenters. The van der Waals surface area contributed by atoms with E-state index < -0.39 is 5.97 Å². The van der Waals surface area contributed by atoms with Crippen molar-refractivity contribution in [1.29, 1.82) is 0 Å². The van der Waals surface area contributed by atoms with Crippen molar-refractivity contribution in [2.45, 2.75) is 25.2 Å². The Kier molecular flexibility index (Phi) is 5.84. The van der Waals surface area contributed by atoms with Crippen LogP contribution < -0.4 is 15.4 Å². The molecule has 6 heteroatoms. The van der Waals surface area contributed by atoms with Gasteiger partial charge in [-0.1, -0.05) is 6.07 Å². The van der Waals surface area contributed by atoms with Gasteiger partial charge in [-0.15, -0.1) is 0 Å². The average molecular weight is 403 g/mol. The maximum Gasteiger partial charge on any atom is 0.337 e. The Morgan fingerprint density at radius 3 is 2.73 bits per heavy atom. The lowest BCUT2D eigenvalue weighted by Crippen LogP contribution is -2.19. The van der Waals surface area contributed by atoms with Gasteiger partial charge in [-0.05, 0) is 72.9 Å². The molecule has 1 atom stereocenters. The minimum absolute atomic E-state index is 0.250. The minimum Gasteiger partial charge on any atom is -0.497 e. The van der Waals surface area contributed by atoms with Gasteiger partial charge < -0.3 is 20.5 Å². The number of fused-ring (bicyclic) bond motifs is 1. The molecule has 3 N–H and O–H groups in total. The number of rotatable bonds is 7. The van der Waals surface area contributed by atoms with Crippen molar-refractivity contribution in [2.24, 2.45) is 0 Å². The summed E-state index contributed by atoms with van der Waals surface area (Å²) in [7, 11) is 1.66. The Bertz CT molecular complexity index is 1030. The second-order valence-electron chi connectivity index (χ2n) is 7.46. The average Bonchev–Trinajstić information content (AvgIpc) is 2.78. The summed E-state index contributed by atoms with van der Waals surface area (Å²) in [6.07, 6.45) is 6.33. The first-order valence-corrected chi connectivity index (χ1v) is 10.1. The van der Waals surface area contributed by atoms with Crippen molar-refractivity contribution < 1.29 is 14.6 Å². The summed E-state index contributed by atoms with van der Waals surface area (Å²) >= 11 is 0. The summed E-state index contributed by atoms with van der Waals surface area (Å²) in [6, 6.07) is 15.9. The van der Waals surface area contributed by atoms with Crippen LogP contribution >= 0.6 is 0 Å². The highest BCUT2D eigenvalue weighted by atomic mass is 16.5. The third kappa shape index (κ3) is 4.38. The molecule has 2 aromatic carbocycles. The quantitative estimate of drug-likeness (QED) is 0.511. The summed E-state index contributed by atoms with van der Waals surface area (Å²) in [6.45, 7) is 0.685. The molecule has 0 amide bonds. The molecule has 1 heterocycles. The number of benzene rings is 2. The van der Waals surface area contributed by atoms with E-state index in [9.17, 15) is 9.90 Å². The van der Waals surface area contributed by atoms with Gasteiger partial charge in [0.25, 0.3) is 0 Å². The number of nitrogens with one attached hydrogen (secondary N) is 2. The molecule has 0 fully saturated rings. The second kappa shape index (κ2) is 8.86. The standard InChI is InChI=1S/C24H25N3O3/c1-30-20-8-5-18(6-9-20)27-19-7-10-21-16(13-19)3-2-4-17(21)14-26-23-15-25-12-11-22(23)24(28)29/h5-13,15,17,26-27H,2-4,14H2,1H3,(H,28,29)/t17-/m0/s1. The predicted octanol–water partition coefficient (Wildman–Crippen LogP) is 5.06. The molecular weight excluding hydrogens is 378 g/mol. The number of nitrogens with zero attached hydrogens (tertiary/aromatic N) is 1. The molecule has 0 spiro atoms. The van der Waals surface area contributed by atoms with Crippen LogP contribution in [0.25, 0.3) is 0 Å². The SMILES string of the molecule is COc1ccc(Nc2ccc3c(c2)CCC[C@H]3CNc2cnccc2C(=O)O)cc1. The molecule has 0 saturated carbocycles. The number of pyridine rings is 1. The Hall–Kier alpha value is -3.54. The number of carbonyl (C=O) groups is 1. The van der Waals surface area contributed by atoms with E-state index in [0.717, 1.165) is 36.4 Å². The van der Waals surface area contributed by atoms with Gasteiger partial charge in [0.05, 0.1) is 24.6 Å². The third-order valence-electron chi connectivity index (χ3n) is 5.55. The van der Waals surface area contributed by atoms with Gasteiger partial charge in [0.1, 0.15) is 5.75 Å². The van der Waals surface area contributed by atoms with E-state index in [0.29, 0.717) is 18.2 Å². The van der Waals surface area contributed by atoms with Crippen LogP contribution in [0.1, 0.15) is 40.2 Å². The monoisotopic (exact) mass is 403 g/mol. The Balaban J connectivity index is 1.47. The van der Waals surface area contributed by atoms with E-state index in [1.165, 1.54) is 23.4 Å². The molecule has 0 radical (unpaired) electrons. The zero-order valence-electron chi connectivity index (χ0n) is 16.9. The number of aromatic nitrogens is 1. The molecule has 30 heavy (non-hydrogen) atoms. The zero-order chi connectivity index (χ0) is 20.9. The normalized spacial score (nSPS) is 15.2. The van der Waals surface area contributed by atoms with Gasteiger partial charge in [0, 0.05) is 30.0 Å². The van der Waals surface area contributed by atoms with Crippen LogP contribution in [0.15, 0.2) is 60.9 Å². The molecule has 0 aliphatic heterocycles. The highest BCUT2D eigenvalue weighted by molar-refractivity contribution is 5.93. The minimum atomic E-state index is -0.946. The first-order valence-electron chi connectivity index (χ1n) is 10.1. The van der Waals surface area contributed by atoms with Crippen molar-refractivity contribution in [3.8, 4) is 5.75 Å². The molecule has 4 rings (SSSR count). The largest absolute Gasteiger partial charge is 0.497 e.